The van der Waals surface area contributed by atoms with Crippen LogP contribution in [-0.2, 0) is 4.79 Å². The van der Waals surface area contributed by atoms with Crippen molar-refractivity contribution in [1.82, 2.24) is 0 Å². The number of ketones is 1. The third kappa shape index (κ3) is 3.39. The van der Waals surface area contributed by atoms with Gasteiger partial charge in [0.15, 0.2) is 5.78 Å². The van der Waals surface area contributed by atoms with Crippen LogP contribution in [0.3, 0.4) is 0 Å². The van der Waals surface area contributed by atoms with Gasteiger partial charge in [0.05, 0.1) is 0 Å². The van der Waals surface area contributed by atoms with E-state index in [0.717, 1.165) is 31.3 Å². The van der Waals surface area contributed by atoms with E-state index in [1.807, 2.05) is 6.92 Å². The maximum Gasteiger partial charge on any atom is 0.159 e. The third-order valence-corrected chi connectivity index (χ3v) is 5.60. The van der Waals surface area contributed by atoms with Gasteiger partial charge in [-0.3, -0.25) is 4.79 Å². The molecule has 1 nitrogen and oxygen atoms in total. The molecule has 0 unspecified atom stereocenters. The molecule has 0 bridgehead atoms. The van der Waals surface area contributed by atoms with Gasteiger partial charge < -0.3 is 0 Å². The summed E-state index contributed by atoms with van der Waals surface area (Å²) in [6, 6.07) is 0. The Morgan fingerprint density at radius 1 is 1.19 bits per heavy atom. The van der Waals surface area contributed by atoms with E-state index in [1.54, 1.807) is 0 Å². The first-order valence-corrected chi connectivity index (χ1v) is 8.39. The molecule has 0 saturated heterocycles. The van der Waals surface area contributed by atoms with Crippen LogP contribution in [0.25, 0.3) is 0 Å². The van der Waals surface area contributed by atoms with Gasteiger partial charge in [-0.05, 0) is 62.4 Å². The Morgan fingerprint density at radius 3 is 2.57 bits per heavy atom. The quantitative estimate of drug-likeness (QED) is 0.571. The molecule has 0 radical (unpaired) electrons. The highest BCUT2D eigenvalue weighted by Gasteiger charge is 2.43. The zero-order valence-electron chi connectivity index (χ0n) is 14.3. The highest BCUT2D eigenvalue weighted by molar-refractivity contribution is 5.95. The van der Waals surface area contributed by atoms with Crippen LogP contribution in [0.2, 0.25) is 0 Å². The van der Waals surface area contributed by atoms with Crippen LogP contribution >= 0.6 is 0 Å². The molecule has 2 aliphatic rings. The number of rotatable bonds is 1. The average molecular weight is 286 g/mol. The number of carbonyl (C=O) groups excluding carboxylic acids is 1. The Hall–Kier alpha value is -1.11. The summed E-state index contributed by atoms with van der Waals surface area (Å²) in [5.74, 6) is 1.56. The van der Waals surface area contributed by atoms with E-state index in [4.69, 9.17) is 0 Å². The highest BCUT2D eigenvalue weighted by Crippen LogP contribution is 2.51. The van der Waals surface area contributed by atoms with E-state index < -0.39 is 0 Å². The SMILES string of the molecule is C/C1=C\CC2=CC[C@H](C(C)C)[C@@]2(C)CC(=O)/C(C)=C/CC1. The second-order valence-corrected chi connectivity index (χ2v) is 7.51. The summed E-state index contributed by atoms with van der Waals surface area (Å²) in [6.45, 7) is 11.1. The van der Waals surface area contributed by atoms with Crippen LogP contribution in [0.15, 0.2) is 34.9 Å². The van der Waals surface area contributed by atoms with Crippen LogP contribution in [0.5, 0.6) is 0 Å². The molecule has 1 heteroatoms. The monoisotopic (exact) mass is 286 g/mol. The van der Waals surface area contributed by atoms with Gasteiger partial charge in [0, 0.05) is 6.42 Å². The predicted octanol–water partition coefficient (Wildman–Crippen LogP) is 5.63. The first-order valence-electron chi connectivity index (χ1n) is 8.39. The molecule has 2 atom stereocenters. The molecule has 2 aliphatic carbocycles. The first kappa shape index (κ1) is 16.3. The van der Waals surface area contributed by atoms with Gasteiger partial charge in [0.25, 0.3) is 0 Å². The number of hydrogen-bond donors (Lipinski definition) is 0. The molecule has 0 fully saturated rings. The molecular weight excluding hydrogens is 256 g/mol. The molecule has 116 valence electrons. The largest absolute Gasteiger partial charge is 0.295 e. The molecule has 0 heterocycles. The molecule has 21 heavy (non-hydrogen) atoms. The number of fused-ring (bicyclic) bond motifs is 1. The standard InChI is InChI=1S/C20H30O/c1-14(2)18-12-11-17-10-9-15(3)7-6-8-16(4)19(21)13-20(17,18)5/h8-9,11,14,18H,6-7,10,12-13H2,1-5H3/b15-9+,16-8+/t18-,20+/m1/s1. The van der Waals surface area contributed by atoms with E-state index in [1.165, 1.54) is 11.1 Å². The van der Waals surface area contributed by atoms with Gasteiger partial charge in [-0.2, -0.15) is 0 Å². The lowest BCUT2D eigenvalue weighted by molar-refractivity contribution is -0.117. The smallest absolute Gasteiger partial charge is 0.159 e. The van der Waals surface area contributed by atoms with Crippen LogP contribution < -0.4 is 0 Å². The maximum absolute atomic E-state index is 12.6. The third-order valence-electron chi connectivity index (χ3n) is 5.60. The van der Waals surface area contributed by atoms with Gasteiger partial charge >= 0.3 is 0 Å². The van der Waals surface area contributed by atoms with Crippen LogP contribution in [0.4, 0.5) is 0 Å². The molecule has 0 saturated carbocycles. The fraction of sp³-hybridized carbons (Fsp3) is 0.650. The Bertz CT molecular complexity index is 504. The minimum absolute atomic E-state index is 0.0431. The zero-order chi connectivity index (χ0) is 15.6. The van der Waals surface area contributed by atoms with Gasteiger partial charge in [-0.15, -0.1) is 0 Å². The lowest BCUT2D eigenvalue weighted by Gasteiger charge is -2.37. The molecule has 0 aromatic rings. The Morgan fingerprint density at radius 2 is 1.90 bits per heavy atom. The summed E-state index contributed by atoms with van der Waals surface area (Å²) in [5.41, 5.74) is 3.94. The molecule has 0 spiro atoms. The van der Waals surface area contributed by atoms with Crippen molar-refractivity contribution in [3.63, 3.8) is 0 Å². The summed E-state index contributed by atoms with van der Waals surface area (Å²) in [6.07, 6.45) is 11.8. The van der Waals surface area contributed by atoms with E-state index in [-0.39, 0.29) is 5.41 Å². The second-order valence-electron chi connectivity index (χ2n) is 7.51. The van der Waals surface area contributed by atoms with Crippen molar-refractivity contribution >= 4 is 5.78 Å². The minimum Gasteiger partial charge on any atom is -0.295 e. The lowest BCUT2D eigenvalue weighted by atomic mass is 9.66. The van der Waals surface area contributed by atoms with Crippen molar-refractivity contribution in [2.24, 2.45) is 17.3 Å². The fourth-order valence-electron chi connectivity index (χ4n) is 4.06. The van der Waals surface area contributed by atoms with Gasteiger partial charge in [0.2, 0.25) is 0 Å². The Balaban J connectivity index is 2.38. The van der Waals surface area contributed by atoms with Crippen LogP contribution in [0.1, 0.15) is 66.7 Å². The first-order chi connectivity index (χ1) is 9.84. The number of allylic oxidation sites excluding steroid dienone is 6. The summed E-state index contributed by atoms with van der Waals surface area (Å²) in [7, 11) is 0. The van der Waals surface area contributed by atoms with E-state index >= 15 is 0 Å². The molecule has 2 rings (SSSR count). The number of carbonyl (C=O) groups is 1. The Labute approximate surface area is 130 Å². The lowest BCUT2D eigenvalue weighted by Crippen LogP contribution is -2.32. The molecule has 0 amide bonds. The highest BCUT2D eigenvalue weighted by atomic mass is 16.1. The van der Waals surface area contributed by atoms with Gasteiger partial charge in [-0.1, -0.05) is 50.1 Å². The molecule has 0 N–H and O–H groups in total. The van der Waals surface area contributed by atoms with Crippen molar-refractivity contribution in [2.45, 2.75) is 66.7 Å². The van der Waals surface area contributed by atoms with Crippen molar-refractivity contribution in [1.29, 1.82) is 0 Å². The number of hydrogen-bond acceptors (Lipinski definition) is 1. The maximum atomic E-state index is 12.6. The zero-order valence-corrected chi connectivity index (χ0v) is 14.3. The van der Waals surface area contributed by atoms with Gasteiger partial charge in [-0.25, -0.2) is 0 Å². The predicted molar refractivity (Wildman–Crippen MR) is 90.1 cm³/mol. The minimum atomic E-state index is 0.0431. The topological polar surface area (TPSA) is 17.1 Å². The van der Waals surface area contributed by atoms with E-state index in [2.05, 4.69) is 45.9 Å². The summed E-state index contributed by atoms with van der Waals surface area (Å²) < 4.78 is 0. The molecule has 0 aromatic heterocycles. The van der Waals surface area contributed by atoms with Crippen molar-refractivity contribution in [2.75, 3.05) is 0 Å². The van der Waals surface area contributed by atoms with Crippen molar-refractivity contribution in [3.05, 3.63) is 34.9 Å². The molecule has 0 aromatic carbocycles. The van der Waals surface area contributed by atoms with Crippen LogP contribution in [0, 0.1) is 17.3 Å². The fourth-order valence-corrected chi connectivity index (χ4v) is 4.06. The summed E-state index contributed by atoms with van der Waals surface area (Å²) >= 11 is 0. The van der Waals surface area contributed by atoms with E-state index in [9.17, 15) is 4.79 Å². The van der Waals surface area contributed by atoms with Crippen LogP contribution in [-0.4, -0.2) is 5.78 Å². The normalized spacial score (nSPS) is 36.2. The average Bonchev–Trinajstić information content (AvgIpc) is 2.71. The van der Waals surface area contributed by atoms with E-state index in [0.29, 0.717) is 24.0 Å². The summed E-state index contributed by atoms with van der Waals surface area (Å²) in [5, 5.41) is 0. The molecular formula is C20H30O. The Kier molecular flexibility index (Phi) is 4.91. The van der Waals surface area contributed by atoms with Crippen molar-refractivity contribution < 1.29 is 4.79 Å². The van der Waals surface area contributed by atoms with Crippen molar-refractivity contribution in [3.8, 4) is 0 Å². The molecule has 0 aliphatic heterocycles. The number of Topliss-reactive ketones (excluding diaryl/α,β-unsaturated/α-hetero) is 1. The summed E-state index contributed by atoms with van der Waals surface area (Å²) in [4.78, 5) is 12.6. The second kappa shape index (κ2) is 6.34. The van der Waals surface area contributed by atoms with Gasteiger partial charge in [0.1, 0.15) is 0 Å².